The molecule has 1 aromatic rings. The topological polar surface area (TPSA) is 58.0 Å². The molecule has 0 saturated heterocycles. The highest BCUT2D eigenvalue weighted by Gasteiger charge is 2.36. The van der Waals surface area contributed by atoms with Crippen LogP contribution in [0.2, 0.25) is 5.15 Å². The number of aliphatic hydroxyl groups is 1. The van der Waals surface area contributed by atoms with E-state index in [4.69, 9.17) is 16.7 Å². The van der Waals surface area contributed by atoms with Gasteiger partial charge in [-0.2, -0.15) is 0 Å². The molecular formula is C12H18ClN3O. The van der Waals surface area contributed by atoms with Gasteiger partial charge in [0.2, 0.25) is 0 Å². The Balaban J connectivity index is 1.96. The molecule has 94 valence electrons. The summed E-state index contributed by atoms with van der Waals surface area (Å²) in [4.78, 5) is 8.31. The second-order valence-electron chi connectivity index (χ2n) is 4.80. The van der Waals surface area contributed by atoms with Gasteiger partial charge in [0, 0.05) is 19.2 Å². The summed E-state index contributed by atoms with van der Waals surface area (Å²) in [7, 11) is 0. The monoisotopic (exact) mass is 255 g/mol. The molecule has 1 saturated carbocycles. The summed E-state index contributed by atoms with van der Waals surface area (Å²) < 4.78 is 0. The molecule has 5 heteroatoms. The van der Waals surface area contributed by atoms with Gasteiger partial charge in [0.05, 0.1) is 0 Å². The van der Waals surface area contributed by atoms with Crippen LogP contribution in [0.3, 0.4) is 0 Å². The third-order valence-corrected chi connectivity index (χ3v) is 3.70. The molecule has 1 heterocycles. The number of nitrogens with one attached hydrogen (secondary N) is 1. The third-order valence-electron chi connectivity index (χ3n) is 3.51. The van der Waals surface area contributed by atoms with E-state index < -0.39 is 0 Å². The minimum absolute atomic E-state index is 0.250. The summed E-state index contributed by atoms with van der Waals surface area (Å²) >= 11 is 5.88. The fourth-order valence-corrected chi connectivity index (χ4v) is 2.55. The number of hydrogen-bond donors (Lipinski definition) is 2. The molecule has 0 aromatic carbocycles. The average molecular weight is 256 g/mol. The van der Waals surface area contributed by atoms with E-state index in [0.29, 0.717) is 11.0 Å². The van der Waals surface area contributed by atoms with E-state index >= 15 is 0 Å². The van der Waals surface area contributed by atoms with Gasteiger partial charge in [-0.25, -0.2) is 9.97 Å². The molecule has 1 aliphatic carbocycles. The normalized spacial score (nSPS) is 17.6. The van der Waals surface area contributed by atoms with Crippen molar-refractivity contribution in [2.75, 3.05) is 18.5 Å². The van der Waals surface area contributed by atoms with E-state index in [2.05, 4.69) is 15.3 Å². The van der Waals surface area contributed by atoms with Gasteiger partial charge >= 0.3 is 0 Å². The molecule has 2 rings (SSSR count). The van der Waals surface area contributed by atoms with Crippen LogP contribution in [0.5, 0.6) is 0 Å². The van der Waals surface area contributed by atoms with Crippen LogP contribution < -0.4 is 5.32 Å². The number of rotatable bonds is 5. The zero-order valence-corrected chi connectivity index (χ0v) is 10.8. The molecular weight excluding hydrogens is 238 g/mol. The van der Waals surface area contributed by atoms with Crippen molar-refractivity contribution in [2.45, 2.75) is 32.6 Å². The molecule has 0 aliphatic heterocycles. The fraction of sp³-hybridized carbons (Fsp3) is 0.667. The van der Waals surface area contributed by atoms with Crippen LogP contribution in [0.15, 0.2) is 6.07 Å². The third kappa shape index (κ3) is 3.07. The smallest absolute Gasteiger partial charge is 0.134 e. The van der Waals surface area contributed by atoms with Gasteiger partial charge in [0.25, 0.3) is 0 Å². The Labute approximate surface area is 106 Å². The predicted octanol–water partition coefficient (Wildman–Crippen LogP) is 2.40. The SMILES string of the molecule is Cc1nc(Cl)cc(NCC2(CCO)CCC2)n1. The van der Waals surface area contributed by atoms with Gasteiger partial charge in [-0.1, -0.05) is 18.0 Å². The lowest BCUT2D eigenvalue weighted by Gasteiger charge is -2.42. The van der Waals surface area contributed by atoms with Crippen molar-refractivity contribution in [1.82, 2.24) is 9.97 Å². The van der Waals surface area contributed by atoms with E-state index in [1.807, 2.05) is 6.92 Å². The number of hydrogen-bond acceptors (Lipinski definition) is 4. The number of halogens is 1. The molecule has 2 N–H and O–H groups in total. The molecule has 17 heavy (non-hydrogen) atoms. The Morgan fingerprint density at radius 2 is 2.24 bits per heavy atom. The van der Waals surface area contributed by atoms with Crippen LogP contribution in [0.1, 0.15) is 31.5 Å². The largest absolute Gasteiger partial charge is 0.396 e. The van der Waals surface area contributed by atoms with Gasteiger partial charge < -0.3 is 10.4 Å². The summed E-state index contributed by atoms with van der Waals surface area (Å²) in [5.74, 6) is 1.44. The van der Waals surface area contributed by atoms with Gasteiger partial charge in [-0.3, -0.25) is 0 Å². The highest BCUT2D eigenvalue weighted by atomic mass is 35.5. The van der Waals surface area contributed by atoms with E-state index in [1.165, 1.54) is 19.3 Å². The average Bonchev–Trinajstić information content (AvgIpc) is 2.20. The van der Waals surface area contributed by atoms with Crippen LogP contribution >= 0.6 is 11.6 Å². The summed E-state index contributed by atoms with van der Waals surface area (Å²) in [6, 6.07) is 1.74. The second kappa shape index (κ2) is 5.19. The van der Waals surface area contributed by atoms with E-state index in [1.54, 1.807) is 6.07 Å². The first kappa shape index (κ1) is 12.6. The summed E-state index contributed by atoms with van der Waals surface area (Å²) in [5.41, 5.74) is 0.250. The zero-order valence-electron chi connectivity index (χ0n) is 10.0. The lowest BCUT2D eigenvalue weighted by Crippen LogP contribution is -2.37. The minimum Gasteiger partial charge on any atom is -0.396 e. The standard InChI is InChI=1S/C12H18ClN3O/c1-9-15-10(13)7-11(16-9)14-8-12(5-6-17)3-2-4-12/h7,17H,2-6,8H2,1H3,(H,14,15,16). The van der Waals surface area contributed by atoms with Crippen molar-refractivity contribution in [3.63, 3.8) is 0 Å². The van der Waals surface area contributed by atoms with Crippen LogP contribution in [0.4, 0.5) is 5.82 Å². The zero-order chi connectivity index (χ0) is 12.3. The maximum atomic E-state index is 9.08. The van der Waals surface area contributed by atoms with Gasteiger partial charge in [-0.15, -0.1) is 0 Å². The van der Waals surface area contributed by atoms with E-state index in [-0.39, 0.29) is 12.0 Å². The Kier molecular flexibility index (Phi) is 3.84. The predicted molar refractivity (Wildman–Crippen MR) is 68.3 cm³/mol. The molecule has 1 aliphatic rings. The number of aryl methyl sites for hydroxylation is 1. The van der Waals surface area contributed by atoms with E-state index in [0.717, 1.165) is 18.8 Å². The van der Waals surface area contributed by atoms with Crippen LogP contribution in [-0.4, -0.2) is 28.2 Å². The first-order chi connectivity index (χ1) is 8.13. The highest BCUT2D eigenvalue weighted by Crippen LogP contribution is 2.43. The van der Waals surface area contributed by atoms with Crippen LogP contribution in [-0.2, 0) is 0 Å². The second-order valence-corrected chi connectivity index (χ2v) is 5.19. The lowest BCUT2D eigenvalue weighted by molar-refractivity contribution is 0.101. The molecule has 1 fully saturated rings. The summed E-state index contributed by atoms with van der Waals surface area (Å²) in [6.45, 7) is 2.93. The highest BCUT2D eigenvalue weighted by molar-refractivity contribution is 6.29. The summed E-state index contributed by atoms with van der Waals surface area (Å²) in [5, 5.41) is 12.8. The molecule has 0 atom stereocenters. The van der Waals surface area contributed by atoms with Crippen molar-refractivity contribution in [3.05, 3.63) is 17.0 Å². The van der Waals surface area contributed by atoms with Crippen molar-refractivity contribution in [2.24, 2.45) is 5.41 Å². The maximum Gasteiger partial charge on any atom is 0.134 e. The molecule has 0 unspecified atom stereocenters. The Hall–Kier alpha value is -0.870. The summed E-state index contributed by atoms with van der Waals surface area (Å²) in [6.07, 6.45) is 4.47. The first-order valence-electron chi connectivity index (χ1n) is 5.99. The molecule has 0 bridgehead atoms. The molecule has 0 spiro atoms. The van der Waals surface area contributed by atoms with Gasteiger partial charge in [0.15, 0.2) is 0 Å². The van der Waals surface area contributed by atoms with Crippen molar-refractivity contribution in [3.8, 4) is 0 Å². The van der Waals surface area contributed by atoms with Crippen molar-refractivity contribution in [1.29, 1.82) is 0 Å². The Morgan fingerprint density at radius 1 is 1.47 bits per heavy atom. The maximum absolute atomic E-state index is 9.08. The number of nitrogens with zero attached hydrogens (tertiary/aromatic N) is 2. The van der Waals surface area contributed by atoms with Crippen LogP contribution in [0, 0.1) is 12.3 Å². The van der Waals surface area contributed by atoms with Gasteiger partial charge in [-0.05, 0) is 31.6 Å². The lowest BCUT2D eigenvalue weighted by atomic mass is 9.67. The minimum atomic E-state index is 0.250. The van der Waals surface area contributed by atoms with Crippen molar-refractivity contribution >= 4 is 17.4 Å². The Morgan fingerprint density at radius 3 is 2.76 bits per heavy atom. The quantitative estimate of drug-likeness (QED) is 0.794. The first-order valence-corrected chi connectivity index (χ1v) is 6.37. The number of aliphatic hydroxyl groups excluding tert-OH is 1. The Bertz CT molecular complexity index is 373. The fourth-order valence-electron chi connectivity index (χ4n) is 2.33. The molecule has 0 radical (unpaired) electrons. The number of anilines is 1. The van der Waals surface area contributed by atoms with E-state index in [9.17, 15) is 0 Å². The molecule has 1 aromatic heterocycles. The van der Waals surface area contributed by atoms with Crippen LogP contribution in [0.25, 0.3) is 0 Å². The van der Waals surface area contributed by atoms with Gasteiger partial charge in [0.1, 0.15) is 16.8 Å². The van der Waals surface area contributed by atoms with Crippen molar-refractivity contribution < 1.29 is 5.11 Å². The number of aromatic nitrogens is 2. The molecule has 0 amide bonds. The molecule has 4 nitrogen and oxygen atoms in total.